The van der Waals surface area contributed by atoms with Crippen LogP contribution in [0.4, 0.5) is 0 Å². The van der Waals surface area contributed by atoms with Gasteiger partial charge in [-0.25, -0.2) is 0 Å². The van der Waals surface area contributed by atoms with Crippen LogP contribution in [0.15, 0.2) is 10.7 Å². The van der Waals surface area contributed by atoms with Crippen LogP contribution in [-0.2, 0) is 28.8 Å². The van der Waals surface area contributed by atoms with E-state index >= 15 is 0 Å². The third-order valence-corrected chi connectivity index (χ3v) is 7.67. The Bertz CT molecular complexity index is 925. The molecule has 12 nitrogen and oxygen atoms in total. The van der Waals surface area contributed by atoms with Crippen molar-refractivity contribution >= 4 is 59.9 Å². The predicted octanol–water partition coefficient (Wildman–Crippen LogP) is -3.78. The third-order valence-electron chi connectivity index (χ3n) is 5.73. The second kappa shape index (κ2) is 8.62. The van der Waals surface area contributed by atoms with Crippen molar-refractivity contribution in [1.29, 1.82) is 0 Å². The van der Waals surface area contributed by atoms with Crippen LogP contribution in [-0.4, -0.2) is 80.7 Å². The van der Waals surface area contributed by atoms with Crippen LogP contribution < -0.4 is 20.8 Å². The Morgan fingerprint density at radius 1 is 1.12 bits per heavy atom. The number of carbonyl (C=O) groups excluding carboxylic acids is 6. The highest BCUT2D eigenvalue weighted by Crippen LogP contribution is 2.50. The number of rotatable bonds is 6. The number of β-lactam (4-membered cyclic amide) rings is 2. The molecule has 3 saturated heterocycles. The summed E-state index contributed by atoms with van der Waals surface area (Å²) < 4.78 is -0.599. The van der Waals surface area contributed by atoms with Crippen LogP contribution in [0, 0.1) is 0 Å². The van der Waals surface area contributed by atoms with Gasteiger partial charge in [-0.1, -0.05) is 11.6 Å². The lowest BCUT2D eigenvalue weighted by molar-refractivity contribution is -0.312. The Kier molecular flexibility index (Phi) is 6.43. The number of fused-ring (bicyclic) bond motifs is 2. The van der Waals surface area contributed by atoms with Crippen molar-refractivity contribution in [3.8, 4) is 0 Å². The van der Waals surface area contributed by atoms with Gasteiger partial charge in [0.05, 0.1) is 29.7 Å². The highest BCUT2D eigenvalue weighted by Gasteiger charge is 2.61. The highest BCUT2D eigenvalue weighted by molar-refractivity contribution is 8.01. The van der Waals surface area contributed by atoms with E-state index in [0.29, 0.717) is 25.7 Å². The predicted molar refractivity (Wildman–Crippen MR) is 105 cm³/mol. The van der Waals surface area contributed by atoms with Gasteiger partial charge in [0.1, 0.15) is 17.5 Å². The standard InChI is InChI=1S/C9H9ClN2O4.C9H12N2O4S/c10-4-1-2-5-6(11-3-13)8(14)12(5)7(4)9(15)16;1-9(2)5(8(14)15)11-6(13)4(10-3-12)7(11)16-9/h3,5-6H,1-2H2,(H,11,13)(H,15,16);3-5,7H,1-2H3,(H,10,12)(H,14,15)/p-2/t5-,6+;4-,5+,7-/m11/s1. The molecule has 0 saturated carbocycles. The number of aliphatic carboxylic acids is 2. The molecule has 14 heteroatoms. The van der Waals surface area contributed by atoms with Crippen LogP contribution in [0.3, 0.4) is 0 Å². The number of halogens is 1. The number of thioether (sulfide) groups is 1. The maximum atomic E-state index is 11.6. The smallest absolute Gasteiger partial charge is 0.252 e. The van der Waals surface area contributed by atoms with Crippen molar-refractivity contribution < 1.29 is 39.0 Å². The maximum Gasteiger partial charge on any atom is 0.252 e. The summed E-state index contributed by atoms with van der Waals surface area (Å²) in [5.74, 6) is -3.54. The van der Waals surface area contributed by atoms with E-state index in [2.05, 4.69) is 10.6 Å². The van der Waals surface area contributed by atoms with Gasteiger partial charge in [0.15, 0.2) is 0 Å². The fourth-order valence-corrected chi connectivity index (χ4v) is 6.23. The van der Waals surface area contributed by atoms with Gasteiger partial charge in [-0.15, -0.1) is 11.8 Å². The Hall–Kier alpha value is -2.80. The molecule has 4 aliphatic rings. The summed E-state index contributed by atoms with van der Waals surface area (Å²) in [7, 11) is 0. The monoisotopic (exact) mass is 486 g/mol. The molecule has 0 aromatic rings. The molecule has 3 fully saturated rings. The van der Waals surface area contributed by atoms with Crippen molar-refractivity contribution in [3.63, 3.8) is 0 Å². The minimum absolute atomic E-state index is 0.120. The summed E-state index contributed by atoms with van der Waals surface area (Å²) in [6.45, 7) is 3.50. The van der Waals surface area contributed by atoms with E-state index in [1.54, 1.807) is 13.8 Å². The Balaban J connectivity index is 0.000000181. The number of amides is 4. The zero-order valence-corrected chi connectivity index (χ0v) is 18.5. The lowest BCUT2D eigenvalue weighted by Crippen LogP contribution is -2.71. The zero-order valence-electron chi connectivity index (χ0n) is 16.9. The van der Waals surface area contributed by atoms with Gasteiger partial charge < -0.3 is 40.2 Å². The van der Waals surface area contributed by atoms with Crippen LogP contribution in [0.5, 0.6) is 0 Å². The van der Waals surface area contributed by atoms with Gasteiger partial charge in [0, 0.05) is 9.78 Å². The first-order chi connectivity index (χ1) is 15.0. The van der Waals surface area contributed by atoms with Gasteiger partial charge in [0.25, 0.3) is 5.91 Å². The van der Waals surface area contributed by atoms with E-state index in [9.17, 15) is 39.0 Å². The number of hydrogen-bond acceptors (Lipinski definition) is 9. The van der Waals surface area contributed by atoms with Crippen LogP contribution in [0.1, 0.15) is 26.7 Å². The third kappa shape index (κ3) is 3.68. The average molecular weight is 487 g/mol. The molecule has 0 spiro atoms. The Labute approximate surface area is 191 Å². The van der Waals surface area contributed by atoms with Crippen LogP contribution >= 0.6 is 23.4 Å². The molecule has 174 valence electrons. The molecular formula is C18H19ClN4O8S-2. The number of allylic oxidation sites excluding steroid dienone is 1. The molecule has 0 radical (unpaired) electrons. The largest absolute Gasteiger partial charge is 0.548 e. The maximum absolute atomic E-state index is 11.6. The molecule has 4 amide bonds. The number of nitrogens with one attached hydrogen (secondary N) is 2. The van der Waals surface area contributed by atoms with Gasteiger partial charge in [0.2, 0.25) is 18.7 Å². The molecule has 0 aromatic carbocycles. The molecule has 32 heavy (non-hydrogen) atoms. The van der Waals surface area contributed by atoms with E-state index in [4.69, 9.17) is 11.6 Å². The van der Waals surface area contributed by atoms with Crippen molar-refractivity contribution in [2.45, 2.75) is 61.0 Å². The van der Waals surface area contributed by atoms with Crippen molar-refractivity contribution in [2.24, 2.45) is 0 Å². The summed E-state index contributed by atoms with van der Waals surface area (Å²) in [5, 5.41) is 26.4. The molecule has 5 atom stereocenters. The SMILES string of the molecule is CC1(C)S[C@@H]2[C@H](NC=O)C(=O)N2[C@H]1C(=O)[O-].O=CN[C@@H]1C(=O)N2C(C(=O)[O-])=C(Cl)CC[C@H]12. The highest BCUT2D eigenvalue weighted by atomic mass is 35.5. The average Bonchev–Trinajstić information content (AvgIpc) is 2.98. The normalized spacial score (nSPS) is 31.8. The van der Waals surface area contributed by atoms with E-state index in [0.717, 1.165) is 4.90 Å². The summed E-state index contributed by atoms with van der Waals surface area (Å²) in [6, 6.07) is -2.50. The first-order valence-corrected chi connectivity index (χ1v) is 10.8. The van der Waals surface area contributed by atoms with Crippen LogP contribution in [0.25, 0.3) is 0 Å². The van der Waals surface area contributed by atoms with E-state index < -0.39 is 40.7 Å². The molecule has 0 aromatic heterocycles. The molecular weight excluding hydrogens is 468 g/mol. The van der Waals surface area contributed by atoms with Crippen LogP contribution in [0.2, 0.25) is 0 Å². The second-order valence-corrected chi connectivity index (χ2v) is 10.2. The van der Waals surface area contributed by atoms with Gasteiger partial charge in [-0.3, -0.25) is 19.2 Å². The van der Waals surface area contributed by atoms with Crippen molar-refractivity contribution in [1.82, 2.24) is 20.4 Å². The summed E-state index contributed by atoms with van der Waals surface area (Å²) in [4.78, 5) is 68.0. The molecule has 0 aliphatic carbocycles. The summed E-state index contributed by atoms with van der Waals surface area (Å²) in [6.07, 6.45) is 1.79. The number of carboxylic acid groups (broad SMARTS) is 2. The lowest BCUT2D eigenvalue weighted by atomic mass is 9.86. The van der Waals surface area contributed by atoms with Crippen molar-refractivity contribution in [3.05, 3.63) is 10.7 Å². The number of hydrogen-bond donors (Lipinski definition) is 2. The second-order valence-electron chi connectivity index (χ2n) is 7.96. The zero-order chi connectivity index (χ0) is 24.0. The molecule has 0 unspecified atom stereocenters. The number of carboxylic acids is 2. The minimum atomic E-state index is -1.47. The quantitative estimate of drug-likeness (QED) is 0.281. The van der Waals surface area contributed by atoms with Crippen molar-refractivity contribution in [2.75, 3.05) is 0 Å². The van der Waals surface area contributed by atoms with Gasteiger partial charge >= 0.3 is 0 Å². The Morgan fingerprint density at radius 3 is 2.25 bits per heavy atom. The topological polar surface area (TPSA) is 179 Å². The fraction of sp³-hybridized carbons (Fsp3) is 0.556. The van der Waals surface area contributed by atoms with Gasteiger partial charge in [-0.2, -0.15) is 0 Å². The minimum Gasteiger partial charge on any atom is -0.548 e. The fourth-order valence-electron chi connectivity index (χ4n) is 4.33. The molecule has 0 bridgehead atoms. The Morgan fingerprint density at radius 2 is 1.72 bits per heavy atom. The molecule has 4 rings (SSSR count). The lowest BCUT2D eigenvalue weighted by Gasteiger charge is -2.50. The summed E-state index contributed by atoms with van der Waals surface area (Å²) >= 11 is 7.11. The molecule has 4 heterocycles. The summed E-state index contributed by atoms with van der Waals surface area (Å²) in [5.41, 5.74) is -0.271. The molecule has 2 N–H and O–H groups in total. The molecule has 4 aliphatic heterocycles. The van der Waals surface area contributed by atoms with E-state index in [-0.39, 0.29) is 28.1 Å². The van der Waals surface area contributed by atoms with E-state index in [1.807, 2.05) is 0 Å². The number of nitrogens with zero attached hydrogens (tertiary/aromatic N) is 2. The first-order valence-electron chi connectivity index (χ1n) is 9.51. The van der Waals surface area contributed by atoms with E-state index in [1.165, 1.54) is 16.7 Å². The number of carbonyl (C=O) groups is 6. The van der Waals surface area contributed by atoms with Gasteiger partial charge in [-0.05, 0) is 26.7 Å². The first kappa shape index (κ1) is 23.9.